The normalized spacial score (nSPS) is 12.3. The Bertz CT molecular complexity index is 913. The summed E-state index contributed by atoms with van der Waals surface area (Å²) in [6.07, 6.45) is -5.65. The van der Waals surface area contributed by atoms with Crippen molar-refractivity contribution in [2.24, 2.45) is 0 Å². The predicted octanol–water partition coefficient (Wildman–Crippen LogP) is 2.63. The van der Waals surface area contributed by atoms with Crippen molar-refractivity contribution < 1.29 is 22.7 Å². The molecule has 1 aromatic carbocycles. The van der Waals surface area contributed by atoms with E-state index in [0.29, 0.717) is 0 Å². The Morgan fingerprint density at radius 3 is 2.64 bits per heavy atom. The third kappa shape index (κ3) is 4.03. The van der Waals surface area contributed by atoms with Crippen molar-refractivity contribution >= 4 is 5.97 Å². The summed E-state index contributed by atoms with van der Waals surface area (Å²) in [6, 6.07) is 7.00. The van der Waals surface area contributed by atoms with Crippen LogP contribution < -0.4 is 5.43 Å². The molecule has 2 aromatic rings. The smallest absolute Gasteiger partial charge is 0.416 e. The van der Waals surface area contributed by atoms with E-state index in [-0.39, 0.29) is 11.4 Å². The van der Waals surface area contributed by atoms with E-state index in [4.69, 9.17) is 10.00 Å². The van der Waals surface area contributed by atoms with Crippen LogP contribution in [0.3, 0.4) is 0 Å². The number of aryl methyl sites for hydroxylation is 1. The molecule has 9 heteroatoms. The van der Waals surface area contributed by atoms with Gasteiger partial charge in [0.2, 0.25) is 11.1 Å². The molecule has 1 aromatic heterocycles. The Labute approximate surface area is 140 Å². The molecule has 0 aliphatic carbocycles. The lowest BCUT2D eigenvalue weighted by atomic mass is 10.2. The molecule has 0 spiro atoms. The average molecular weight is 351 g/mol. The molecule has 0 amide bonds. The SMILES string of the molecule is Cc1cc(=O)c(C(=O)O[C@@H](C)C#N)nn1-c1cccc(C(F)(F)F)c1. The van der Waals surface area contributed by atoms with E-state index in [1.54, 1.807) is 6.07 Å². The van der Waals surface area contributed by atoms with Gasteiger partial charge in [-0.3, -0.25) is 4.79 Å². The second-order valence-electron chi connectivity index (χ2n) is 5.14. The Morgan fingerprint density at radius 1 is 1.36 bits per heavy atom. The zero-order chi connectivity index (χ0) is 18.8. The number of carbonyl (C=O) groups excluding carboxylic acids is 1. The Balaban J connectivity index is 2.53. The minimum atomic E-state index is -4.55. The second kappa shape index (κ2) is 6.76. The van der Waals surface area contributed by atoms with Crippen molar-refractivity contribution in [1.29, 1.82) is 5.26 Å². The van der Waals surface area contributed by atoms with E-state index in [0.717, 1.165) is 22.9 Å². The summed E-state index contributed by atoms with van der Waals surface area (Å²) in [4.78, 5) is 23.8. The van der Waals surface area contributed by atoms with Crippen LogP contribution in [0.1, 0.15) is 28.7 Å². The molecule has 0 aliphatic heterocycles. The third-order valence-electron chi connectivity index (χ3n) is 3.18. The topological polar surface area (TPSA) is 85.0 Å². The van der Waals surface area contributed by atoms with Crippen LogP contribution in [0.4, 0.5) is 13.2 Å². The van der Waals surface area contributed by atoms with Gasteiger partial charge < -0.3 is 4.74 Å². The predicted molar refractivity (Wildman–Crippen MR) is 80.1 cm³/mol. The number of halogens is 3. The number of esters is 1. The fourth-order valence-corrected chi connectivity index (χ4v) is 2.01. The van der Waals surface area contributed by atoms with Crippen LogP contribution in [0.2, 0.25) is 0 Å². The number of benzene rings is 1. The van der Waals surface area contributed by atoms with Crippen LogP contribution in [-0.4, -0.2) is 21.9 Å². The Hall–Kier alpha value is -3.15. The zero-order valence-corrected chi connectivity index (χ0v) is 13.2. The van der Waals surface area contributed by atoms with E-state index in [9.17, 15) is 22.8 Å². The van der Waals surface area contributed by atoms with E-state index in [1.165, 1.54) is 26.0 Å². The molecular weight excluding hydrogens is 339 g/mol. The lowest BCUT2D eigenvalue weighted by Gasteiger charge is -2.13. The highest BCUT2D eigenvalue weighted by atomic mass is 19.4. The van der Waals surface area contributed by atoms with Crippen molar-refractivity contribution in [3.05, 3.63) is 57.5 Å². The summed E-state index contributed by atoms with van der Waals surface area (Å²) >= 11 is 0. The number of hydrogen-bond donors (Lipinski definition) is 0. The quantitative estimate of drug-likeness (QED) is 0.794. The molecule has 0 saturated heterocycles. The van der Waals surface area contributed by atoms with E-state index in [2.05, 4.69) is 5.10 Å². The first-order chi connectivity index (χ1) is 11.6. The van der Waals surface area contributed by atoms with Gasteiger partial charge in [-0.1, -0.05) is 6.07 Å². The van der Waals surface area contributed by atoms with E-state index >= 15 is 0 Å². The second-order valence-corrected chi connectivity index (χ2v) is 5.14. The molecule has 25 heavy (non-hydrogen) atoms. The molecule has 0 radical (unpaired) electrons. The molecule has 0 bridgehead atoms. The summed E-state index contributed by atoms with van der Waals surface area (Å²) in [6.45, 7) is 2.76. The first kappa shape index (κ1) is 18.2. The van der Waals surface area contributed by atoms with Crippen LogP contribution in [0.5, 0.6) is 0 Å². The fraction of sp³-hybridized carbons (Fsp3) is 0.250. The highest BCUT2D eigenvalue weighted by Gasteiger charge is 2.30. The van der Waals surface area contributed by atoms with Gasteiger partial charge in [0, 0.05) is 11.8 Å². The van der Waals surface area contributed by atoms with Gasteiger partial charge in [0.25, 0.3) is 0 Å². The summed E-state index contributed by atoms with van der Waals surface area (Å²) in [5.41, 5.74) is -2.02. The summed E-state index contributed by atoms with van der Waals surface area (Å²) in [5.74, 6) is -1.13. The van der Waals surface area contributed by atoms with Crippen LogP contribution in [0.15, 0.2) is 35.1 Å². The first-order valence-electron chi connectivity index (χ1n) is 7.02. The molecule has 0 N–H and O–H groups in total. The van der Waals surface area contributed by atoms with Gasteiger partial charge in [-0.2, -0.15) is 23.5 Å². The molecule has 6 nitrogen and oxygen atoms in total. The summed E-state index contributed by atoms with van der Waals surface area (Å²) in [5, 5.41) is 12.5. The molecule has 0 unspecified atom stereocenters. The lowest BCUT2D eigenvalue weighted by Crippen LogP contribution is -2.26. The monoisotopic (exact) mass is 351 g/mol. The van der Waals surface area contributed by atoms with Gasteiger partial charge in [-0.15, -0.1) is 0 Å². The van der Waals surface area contributed by atoms with Crippen molar-refractivity contribution in [2.75, 3.05) is 0 Å². The largest absolute Gasteiger partial charge is 0.442 e. The van der Waals surface area contributed by atoms with Crippen LogP contribution in [0.25, 0.3) is 5.69 Å². The average Bonchev–Trinajstić information content (AvgIpc) is 2.54. The number of alkyl halides is 3. The third-order valence-corrected chi connectivity index (χ3v) is 3.18. The zero-order valence-electron chi connectivity index (χ0n) is 13.2. The fourth-order valence-electron chi connectivity index (χ4n) is 2.01. The van der Waals surface area contributed by atoms with Gasteiger partial charge in [0.15, 0.2) is 6.10 Å². The van der Waals surface area contributed by atoms with Crippen LogP contribution in [0, 0.1) is 18.3 Å². The molecule has 1 atom stereocenters. The number of aromatic nitrogens is 2. The van der Waals surface area contributed by atoms with Gasteiger partial charge in [0.1, 0.15) is 6.07 Å². The van der Waals surface area contributed by atoms with Crippen LogP contribution in [-0.2, 0) is 10.9 Å². The number of ether oxygens (including phenoxy) is 1. The van der Waals surface area contributed by atoms with Crippen molar-refractivity contribution in [3.8, 4) is 11.8 Å². The molecule has 1 heterocycles. The van der Waals surface area contributed by atoms with E-state index < -0.39 is 34.9 Å². The molecular formula is C16H12F3N3O3. The van der Waals surface area contributed by atoms with Crippen molar-refractivity contribution in [3.63, 3.8) is 0 Å². The van der Waals surface area contributed by atoms with Gasteiger partial charge in [-0.25, -0.2) is 9.48 Å². The number of nitrogens with zero attached hydrogens (tertiary/aromatic N) is 3. The summed E-state index contributed by atoms with van der Waals surface area (Å²) in [7, 11) is 0. The van der Waals surface area contributed by atoms with Crippen molar-refractivity contribution in [1.82, 2.24) is 9.78 Å². The van der Waals surface area contributed by atoms with Gasteiger partial charge in [0.05, 0.1) is 11.3 Å². The minimum absolute atomic E-state index is 0.0229. The maximum atomic E-state index is 12.9. The maximum absolute atomic E-state index is 12.9. The molecule has 130 valence electrons. The molecule has 0 saturated carbocycles. The van der Waals surface area contributed by atoms with Crippen LogP contribution >= 0.6 is 0 Å². The maximum Gasteiger partial charge on any atom is 0.416 e. The Kier molecular flexibility index (Phi) is 4.92. The number of carbonyl (C=O) groups is 1. The minimum Gasteiger partial charge on any atom is -0.442 e. The highest BCUT2D eigenvalue weighted by Crippen LogP contribution is 2.30. The van der Waals surface area contributed by atoms with Gasteiger partial charge >= 0.3 is 12.1 Å². The summed E-state index contributed by atoms with van der Waals surface area (Å²) < 4.78 is 44.3. The lowest BCUT2D eigenvalue weighted by molar-refractivity contribution is -0.137. The highest BCUT2D eigenvalue weighted by molar-refractivity contribution is 5.87. The molecule has 2 rings (SSSR count). The van der Waals surface area contributed by atoms with Gasteiger partial charge in [-0.05, 0) is 32.0 Å². The number of rotatable bonds is 3. The molecule has 0 fully saturated rings. The standard InChI is InChI=1S/C16H12F3N3O3/c1-9-6-13(23)14(15(24)25-10(2)8-20)21-22(9)12-5-3-4-11(7-12)16(17,18)19/h3-7,10H,1-2H3/t10-/m0/s1. The van der Waals surface area contributed by atoms with Crippen molar-refractivity contribution in [2.45, 2.75) is 26.1 Å². The number of hydrogen-bond acceptors (Lipinski definition) is 5. The van der Waals surface area contributed by atoms with E-state index in [1.807, 2.05) is 0 Å². The number of nitriles is 1. The Morgan fingerprint density at radius 2 is 2.04 bits per heavy atom. The molecule has 0 aliphatic rings. The first-order valence-corrected chi connectivity index (χ1v) is 7.02.